The molecule has 1 aliphatic carbocycles. The molecule has 0 bridgehead atoms. The van der Waals surface area contributed by atoms with Crippen molar-refractivity contribution in [1.82, 2.24) is 15.0 Å². The molecule has 0 N–H and O–H groups in total. The monoisotopic (exact) mass is 675 g/mol. The Morgan fingerprint density at radius 2 is 0.717 bits per heavy atom. The second kappa shape index (κ2) is 11.7. The van der Waals surface area contributed by atoms with Gasteiger partial charge in [-0.2, -0.15) is 0 Å². The van der Waals surface area contributed by atoms with Crippen LogP contribution in [0.4, 0.5) is 0 Å². The van der Waals surface area contributed by atoms with Crippen molar-refractivity contribution in [1.29, 1.82) is 0 Å². The van der Waals surface area contributed by atoms with Gasteiger partial charge in [-0.3, -0.25) is 0 Å². The lowest BCUT2D eigenvalue weighted by molar-refractivity contribution is 0.669. The fraction of sp³-hybridized carbons (Fsp3) is 0. The van der Waals surface area contributed by atoms with Crippen LogP contribution in [0.25, 0.3) is 111 Å². The molecule has 246 valence electrons. The number of nitrogens with zero attached hydrogens (tertiary/aromatic N) is 3. The Labute approximate surface area is 305 Å². The molecule has 11 rings (SSSR count). The van der Waals surface area contributed by atoms with Crippen LogP contribution in [0.5, 0.6) is 0 Å². The normalized spacial score (nSPS) is 11.8. The van der Waals surface area contributed by atoms with Gasteiger partial charge in [0.2, 0.25) is 0 Å². The van der Waals surface area contributed by atoms with Gasteiger partial charge in [0.25, 0.3) is 0 Å². The van der Waals surface area contributed by atoms with Gasteiger partial charge in [0.1, 0.15) is 11.2 Å². The van der Waals surface area contributed by atoms with Gasteiger partial charge in [0, 0.05) is 27.5 Å². The average Bonchev–Trinajstić information content (AvgIpc) is 3.78. The third kappa shape index (κ3) is 4.59. The van der Waals surface area contributed by atoms with Crippen molar-refractivity contribution in [2.24, 2.45) is 0 Å². The number of furan rings is 1. The van der Waals surface area contributed by atoms with Crippen molar-refractivity contribution in [2.75, 3.05) is 0 Å². The molecule has 4 nitrogen and oxygen atoms in total. The number of hydrogen-bond acceptors (Lipinski definition) is 4. The highest BCUT2D eigenvalue weighted by Crippen LogP contribution is 2.50. The van der Waals surface area contributed by atoms with Crippen LogP contribution in [-0.4, -0.2) is 15.0 Å². The molecule has 0 atom stereocenters. The van der Waals surface area contributed by atoms with E-state index in [1.165, 1.54) is 33.0 Å². The number of fused-ring (bicyclic) bond motifs is 6. The first-order valence-electron chi connectivity index (χ1n) is 17.9. The molecule has 10 aromatic rings. The molecular formula is C49H29N3O. The first kappa shape index (κ1) is 29.5. The molecule has 53 heavy (non-hydrogen) atoms. The molecule has 0 unspecified atom stereocenters. The zero-order chi connectivity index (χ0) is 34.9. The Morgan fingerprint density at radius 1 is 0.264 bits per heavy atom. The number of hydrogen-bond donors (Lipinski definition) is 0. The molecule has 1 aliphatic rings. The molecule has 0 aliphatic heterocycles. The van der Waals surface area contributed by atoms with Crippen LogP contribution < -0.4 is 0 Å². The van der Waals surface area contributed by atoms with E-state index in [-0.39, 0.29) is 0 Å². The van der Waals surface area contributed by atoms with Gasteiger partial charge >= 0.3 is 0 Å². The number of benzene rings is 8. The largest absolute Gasteiger partial charge is 0.456 e. The number of rotatable bonds is 5. The lowest BCUT2D eigenvalue weighted by atomic mass is 9.91. The van der Waals surface area contributed by atoms with Crippen LogP contribution in [0.1, 0.15) is 0 Å². The van der Waals surface area contributed by atoms with E-state index >= 15 is 0 Å². The standard InChI is InChI=1S/C49H29N3O/c1-2-14-30(15-3-1)31-16-4-8-20-39(31)47-50-48(52-49(51-47)42-25-13-27-44-46(42)41-22-10-11-26-43(41)53-44)40-21-9-7-19-34(40)35-28-29-38-33-18-6-5-17-32(33)36-23-12-24-37(35)45(36)38/h1-29H. The number of para-hydroxylation sites is 1. The van der Waals surface area contributed by atoms with Crippen molar-refractivity contribution in [3.63, 3.8) is 0 Å². The van der Waals surface area contributed by atoms with Gasteiger partial charge in [-0.25, -0.2) is 15.0 Å². The molecule has 0 spiro atoms. The van der Waals surface area contributed by atoms with E-state index in [1.54, 1.807) is 0 Å². The van der Waals surface area contributed by atoms with Crippen molar-refractivity contribution < 1.29 is 4.42 Å². The summed E-state index contributed by atoms with van der Waals surface area (Å²) in [5, 5.41) is 4.51. The van der Waals surface area contributed by atoms with E-state index < -0.39 is 0 Å². The molecule has 0 radical (unpaired) electrons. The molecule has 0 fully saturated rings. The van der Waals surface area contributed by atoms with Crippen LogP contribution in [0.15, 0.2) is 180 Å². The molecule has 4 heteroatoms. The van der Waals surface area contributed by atoms with E-state index in [0.717, 1.165) is 60.9 Å². The second-order valence-electron chi connectivity index (χ2n) is 13.5. The second-order valence-corrected chi connectivity index (χ2v) is 13.5. The van der Waals surface area contributed by atoms with E-state index in [0.29, 0.717) is 17.5 Å². The lowest BCUT2D eigenvalue weighted by Crippen LogP contribution is -2.02. The minimum absolute atomic E-state index is 0.593. The SMILES string of the molecule is c1ccc(-c2ccccc2-c2nc(-c3ccccc3-c3ccc4c5c(cccc35)-c3ccccc3-4)nc(-c3cccc4oc5ccccc5c34)n2)cc1. The van der Waals surface area contributed by atoms with E-state index in [9.17, 15) is 0 Å². The summed E-state index contributed by atoms with van der Waals surface area (Å²) in [6, 6.07) is 61.4. The van der Waals surface area contributed by atoms with Crippen molar-refractivity contribution in [2.45, 2.75) is 0 Å². The van der Waals surface area contributed by atoms with Gasteiger partial charge in [0.15, 0.2) is 17.5 Å². The van der Waals surface area contributed by atoms with Crippen molar-refractivity contribution >= 4 is 32.7 Å². The zero-order valence-electron chi connectivity index (χ0n) is 28.5. The molecule has 2 heterocycles. The summed E-state index contributed by atoms with van der Waals surface area (Å²) in [6.45, 7) is 0. The predicted molar refractivity (Wildman–Crippen MR) is 216 cm³/mol. The summed E-state index contributed by atoms with van der Waals surface area (Å²) in [5.41, 5.74) is 13.9. The van der Waals surface area contributed by atoms with Crippen LogP contribution in [0.2, 0.25) is 0 Å². The molecule has 0 saturated carbocycles. The van der Waals surface area contributed by atoms with Crippen LogP contribution in [0, 0.1) is 0 Å². The Kier molecular flexibility index (Phi) is 6.52. The Morgan fingerprint density at radius 3 is 1.45 bits per heavy atom. The molecule has 2 aromatic heterocycles. The summed E-state index contributed by atoms with van der Waals surface area (Å²) >= 11 is 0. The summed E-state index contributed by atoms with van der Waals surface area (Å²) in [6.07, 6.45) is 0. The maximum Gasteiger partial charge on any atom is 0.164 e. The molecular weight excluding hydrogens is 647 g/mol. The fourth-order valence-electron chi connectivity index (χ4n) is 8.20. The van der Waals surface area contributed by atoms with Gasteiger partial charge < -0.3 is 4.42 Å². The smallest absolute Gasteiger partial charge is 0.164 e. The molecule has 8 aromatic carbocycles. The molecule has 0 amide bonds. The predicted octanol–water partition coefficient (Wildman–Crippen LogP) is 12.9. The first-order valence-corrected chi connectivity index (χ1v) is 17.9. The Hall–Kier alpha value is -7.17. The minimum atomic E-state index is 0.593. The third-order valence-corrected chi connectivity index (χ3v) is 10.5. The Balaban J connectivity index is 1.18. The fourth-order valence-corrected chi connectivity index (χ4v) is 8.20. The van der Waals surface area contributed by atoms with Crippen molar-refractivity contribution in [3.8, 4) is 78.7 Å². The van der Waals surface area contributed by atoms with E-state index in [1.807, 2.05) is 42.5 Å². The summed E-state index contributed by atoms with van der Waals surface area (Å²) < 4.78 is 6.32. The van der Waals surface area contributed by atoms with E-state index in [2.05, 4.69) is 133 Å². The van der Waals surface area contributed by atoms with Crippen LogP contribution >= 0.6 is 0 Å². The lowest BCUT2D eigenvalue weighted by Gasteiger charge is -2.15. The third-order valence-electron chi connectivity index (χ3n) is 10.5. The average molecular weight is 676 g/mol. The van der Waals surface area contributed by atoms with E-state index in [4.69, 9.17) is 19.4 Å². The van der Waals surface area contributed by atoms with Gasteiger partial charge in [-0.15, -0.1) is 0 Å². The topological polar surface area (TPSA) is 51.8 Å². The van der Waals surface area contributed by atoms with Gasteiger partial charge in [-0.1, -0.05) is 164 Å². The highest BCUT2D eigenvalue weighted by atomic mass is 16.3. The zero-order valence-corrected chi connectivity index (χ0v) is 28.5. The number of aromatic nitrogens is 3. The van der Waals surface area contributed by atoms with Gasteiger partial charge in [0.05, 0.1) is 0 Å². The van der Waals surface area contributed by atoms with Crippen LogP contribution in [0.3, 0.4) is 0 Å². The minimum Gasteiger partial charge on any atom is -0.456 e. The summed E-state index contributed by atoms with van der Waals surface area (Å²) in [5.74, 6) is 1.82. The maximum absolute atomic E-state index is 6.32. The Bertz CT molecular complexity index is 3040. The summed E-state index contributed by atoms with van der Waals surface area (Å²) in [7, 11) is 0. The first-order chi connectivity index (χ1) is 26.3. The highest BCUT2D eigenvalue weighted by Gasteiger charge is 2.24. The highest BCUT2D eigenvalue weighted by molar-refractivity contribution is 6.19. The summed E-state index contributed by atoms with van der Waals surface area (Å²) in [4.78, 5) is 15.9. The quantitative estimate of drug-likeness (QED) is 0.182. The van der Waals surface area contributed by atoms with Crippen molar-refractivity contribution in [3.05, 3.63) is 176 Å². The molecule has 0 saturated heterocycles. The maximum atomic E-state index is 6.32. The van der Waals surface area contributed by atoms with Crippen LogP contribution in [-0.2, 0) is 0 Å². The van der Waals surface area contributed by atoms with Gasteiger partial charge in [-0.05, 0) is 67.4 Å².